The number of thioether (sulfide) groups is 1. The van der Waals surface area contributed by atoms with Crippen LogP contribution in [-0.2, 0) is 0 Å². The summed E-state index contributed by atoms with van der Waals surface area (Å²) in [5, 5.41) is 5.70. The number of benzene rings is 1. The molecule has 1 aliphatic rings. The highest BCUT2D eigenvalue weighted by Crippen LogP contribution is 2.35. The Labute approximate surface area is 131 Å². The van der Waals surface area contributed by atoms with Crippen molar-refractivity contribution < 1.29 is 0 Å². The van der Waals surface area contributed by atoms with Crippen LogP contribution in [0.5, 0.6) is 0 Å². The predicted molar refractivity (Wildman–Crippen MR) is 92.9 cm³/mol. The van der Waals surface area contributed by atoms with E-state index in [1.807, 2.05) is 12.3 Å². The minimum Gasteiger partial charge on any atom is -0.309 e. The summed E-state index contributed by atoms with van der Waals surface area (Å²) in [5.74, 6) is 1.31. The van der Waals surface area contributed by atoms with Gasteiger partial charge in [0, 0.05) is 22.9 Å². The summed E-state index contributed by atoms with van der Waals surface area (Å²) < 4.78 is 0. The molecule has 112 valence electrons. The van der Waals surface area contributed by atoms with Crippen LogP contribution in [0.25, 0.3) is 10.9 Å². The lowest BCUT2D eigenvalue weighted by atomic mass is 9.98. The van der Waals surface area contributed by atoms with E-state index in [1.165, 1.54) is 42.4 Å². The van der Waals surface area contributed by atoms with E-state index in [-0.39, 0.29) is 0 Å². The van der Waals surface area contributed by atoms with Crippen molar-refractivity contribution in [2.45, 2.75) is 43.9 Å². The van der Waals surface area contributed by atoms with Crippen LogP contribution in [0, 0.1) is 0 Å². The van der Waals surface area contributed by atoms with Gasteiger partial charge in [0.05, 0.1) is 5.52 Å². The van der Waals surface area contributed by atoms with Gasteiger partial charge in [-0.2, -0.15) is 11.8 Å². The zero-order valence-corrected chi connectivity index (χ0v) is 13.5. The Morgan fingerprint density at radius 2 is 2.29 bits per heavy atom. The van der Waals surface area contributed by atoms with E-state index in [9.17, 15) is 0 Å². The lowest BCUT2D eigenvalue weighted by Crippen LogP contribution is -2.32. The van der Waals surface area contributed by atoms with Crippen molar-refractivity contribution in [3.8, 4) is 0 Å². The summed E-state index contributed by atoms with van der Waals surface area (Å²) in [6.45, 7) is 3.32. The van der Waals surface area contributed by atoms with Gasteiger partial charge < -0.3 is 5.32 Å². The molecule has 1 saturated heterocycles. The molecule has 21 heavy (non-hydrogen) atoms. The Balaban J connectivity index is 1.88. The third-order valence-corrected chi connectivity index (χ3v) is 5.65. The number of nitrogens with zero attached hydrogens (tertiary/aromatic N) is 1. The number of rotatable bonds is 5. The topological polar surface area (TPSA) is 24.9 Å². The van der Waals surface area contributed by atoms with Crippen molar-refractivity contribution in [1.29, 1.82) is 0 Å². The largest absolute Gasteiger partial charge is 0.309 e. The average molecular weight is 300 g/mol. The highest BCUT2D eigenvalue weighted by Gasteiger charge is 2.25. The van der Waals surface area contributed by atoms with Crippen LogP contribution >= 0.6 is 11.8 Å². The highest BCUT2D eigenvalue weighted by molar-refractivity contribution is 8.00. The number of nitrogens with one attached hydrogen (secondary N) is 1. The van der Waals surface area contributed by atoms with Crippen molar-refractivity contribution in [2.24, 2.45) is 0 Å². The summed E-state index contributed by atoms with van der Waals surface area (Å²) in [7, 11) is 0. The lowest BCUT2D eigenvalue weighted by molar-refractivity contribution is 0.479. The molecule has 0 saturated carbocycles. The quantitative estimate of drug-likeness (QED) is 0.876. The van der Waals surface area contributed by atoms with Gasteiger partial charge in [0.15, 0.2) is 0 Å². The third kappa shape index (κ3) is 3.58. The summed E-state index contributed by atoms with van der Waals surface area (Å²) in [6, 6.07) is 11.4. The first-order valence-corrected chi connectivity index (χ1v) is 9.13. The van der Waals surface area contributed by atoms with Crippen molar-refractivity contribution in [3.05, 3.63) is 42.1 Å². The molecule has 1 aromatic heterocycles. The van der Waals surface area contributed by atoms with Crippen LogP contribution in [0.4, 0.5) is 0 Å². The molecular weight excluding hydrogens is 276 g/mol. The minimum atomic E-state index is 0.460. The number of hydrogen-bond acceptors (Lipinski definition) is 3. The fourth-order valence-corrected chi connectivity index (χ4v) is 4.52. The van der Waals surface area contributed by atoms with Crippen LogP contribution in [0.1, 0.15) is 44.2 Å². The summed E-state index contributed by atoms with van der Waals surface area (Å²) in [4.78, 5) is 4.52. The van der Waals surface area contributed by atoms with Crippen LogP contribution in [-0.4, -0.2) is 22.5 Å². The highest BCUT2D eigenvalue weighted by atomic mass is 32.2. The van der Waals surface area contributed by atoms with Crippen molar-refractivity contribution in [1.82, 2.24) is 10.3 Å². The fraction of sp³-hybridized carbons (Fsp3) is 0.500. The maximum absolute atomic E-state index is 4.52. The Morgan fingerprint density at radius 1 is 1.33 bits per heavy atom. The van der Waals surface area contributed by atoms with Gasteiger partial charge in [-0.15, -0.1) is 0 Å². The maximum atomic E-state index is 4.52. The van der Waals surface area contributed by atoms with E-state index in [0.29, 0.717) is 11.3 Å². The number of aromatic nitrogens is 1. The molecule has 1 N–H and O–H groups in total. The van der Waals surface area contributed by atoms with Gasteiger partial charge >= 0.3 is 0 Å². The molecule has 1 aliphatic heterocycles. The zero-order chi connectivity index (χ0) is 14.5. The Hall–Kier alpha value is -1.06. The molecule has 0 amide bonds. The Kier molecular flexibility index (Phi) is 5.15. The van der Waals surface area contributed by atoms with Gasteiger partial charge in [-0.05, 0) is 49.3 Å². The maximum Gasteiger partial charge on any atom is 0.0705 e. The van der Waals surface area contributed by atoms with Crippen LogP contribution in [0.2, 0.25) is 0 Å². The summed E-state index contributed by atoms with van der Waals surface area (Å²) in [5.41, 5.74) is 2.51. The summed E-state index contributed by atoms with van der Waals surface area (Å²) in [6.07, 6.45) is 7.14. The van der Waals surface area contributed by atoms with Crippen LogP contribution in [0.3, 0.4) is 0 Å². The first-order valence-electron chi connectivity index (χ1n) is 8.08. The molecule has 2 unspecified atom stereocenters. The first-order chi connectivity index (χ1) is 10.4. The Bertz CT molecular complexity index is 578. The van der Waals surface area contributed by atoms with E-state index >= 15 is 0 Å². The van der Waals surface area contributed by atoms with E-state index < -0.39 is 0 Å². The van der Waals surface area contributed by atoms with Crippen molar-refractivity contribution in [2.75, 3.05) is 12.3 Å². The van der Waals surface area contributed by atoms with Gasteiger partial charge in [-0.25, -0.2) is 0 Å². The van der Waals surface area contributed by atoms with Gasteiger partial charge in [-0.1, -0.05) is 31.5 Å². The van der Waals surface area contributed by atoms with E-state index in [4.69, 9.17) is 0 Å². The molecular formula is C18H24N2S. The fourth-order valence-electron chi connectivity index (χ4n) is 3.07. The van der Waals surface area contributed by atoms with Crippen molar-refractivity contribution in [3.63, 3.8) is 0 Å². The van der Waals surface area contributed by atoms with Gasteiger partial charge in [0.1, 0.15) is 0 Å². The third-order valence-electron chi connectivity index (χ3n) is 4.19. The molecule has 2 heterocycles. The average Bonchev–Trinajstić information content (AvgIpc) is 2.56. The second-order valence-electron chi connectivity index (χ2n) is 5.79. The Morgan fingerprint density at radius 3 is 3.10 bits per heavy atom. The van der Waals surface area contributed by atoms with Gasteiger partial charge in [0.2, 0.25) is 0 Å². The molecule has 2 aromatic rings. The molecule has 3 rings (SSSR count). The molecule has 2 atom stereocenters. The van der Waals surface area contributed by atoms with Gasteiger partial charge in [0.25, 0.3) is 0 Å². The monoisotopic (exact) mass is 300 g/mol. The minimum absolute atomic E-state index is 0.460. The first kappa shape index (κ1) is 14.9. The van der Waals surface area contributed by atoms with Gasteiger partial charge in [-0.3, -0.25) is 4.98 Å². The van der Waals surface area contributed by atoms with E-state index in [0.717, 1.165) is 12.1 Å². The second kappa shape index (κ2) is 7.28. The zero-order valence-electron chi connectivity index (χ0n) is 12.7. The smallest absolute Gasteiger partial charge is 0.0705 e. The number of fused-ring (bicyclic) bond motifs is 1. The summed E-state index contributed by atoms with van der Waals surface area (Å²) >= 11 is 2.14. The number of hydrogen-bond donors (Lipinski definition) is 1. The lowest BCUT2D eigenvalue weighted by Gasteiger charge is -2.31. The van der Waals surface area contributed by atoms with Crippen molar-refractivity contribution >= 4 is 22.7 Å². The SMILES string of the molecule is CCCNC(c1ccc2cccnc2c1)C1CCCCS1. The molecule has 0 bridgehead atoms. The molecule has 1 fully saturated rings. The standard InChI is InChI=1S/C18H24N2S/c1-2-10-20-18(17-7-3-4-12-21-17)15-9-8-14-6-5-11-19-16(14)13-15/h5-6,8-9,11,13,17-18,20H,2-4,7,10,12H2,1H3. The van der Waals surface area contributed by atoms with E-state index in [1.54, 1.807) is 0 Å². The van der Waals surface area contributed by atoms with Crippen LogP contribution < -0.4 is 5.32 Å². The molecule has 0 radical (unpaired) electrons. The second-order valence-corrected chi connectivity index (χ2v) is 7.14. The van der Waals surface area contributed by atoms with E-state index in [2.05, 4.69) is 53.3 Å². The normalized spacial score (nSPS) is 20.5. The molecule has 0 aliphatic carbocycles. The van der Waals surface area contributed by atoms with Crippen LogP contribution in [0.15, 0.2) is 36.5 Å². The molecule has 3 heteroatoms. The predicted octanol–water partition coefficient (Wildman–Crippen LogP) is 4.56. The molecule has 1 aromatic carbocycles. The molecule has 2 nitrogen and oxygen atoms in total. The number of pyridine rings is 1. The molecule has 0 spiro atoms.